The van der Waals surface area contributed by atoms with Crippen molar-refractivity contribution >= 4 is 11.9 Å². The maximum atomic E-state index is 12.6. The predicted octanol–water partition coefficient (Wildman–Crippen LogP) is 3.83. The van der Waals surface area contributed by atoms with E-state index in [9.17, 15) is 9.59 Å². The zero-order chi connectivity index (χ0) is 20.8. The van der Waals surface area contributed by atoms with Crippen LogP contribution >= 0.6 is 0 Å². The Bertz CT molecular complexity index is 879. The third-order valence-corrected chi connectivity index (χ3v) is 5.04. The largest absolute Gasteiger partial charge is 0.493 e. The van der Waals surface area contributed by atoms with E-state index in [1.54, 1.807) is 25.1 Å². The molecule has 6 heteroatoms. The molecule has 1 amide bonds. The number of carbonyl (C=O) groups is 2. The van der Waals surface area contributed by atoms with Crippen LogP contribution in [0.3, 0.4) is 0 Å². The molecule has 0 fully saturated rings. The molecule has 0 aromatic heterocycles. The molecule has 0 saturated heterocycles. The molecule has 1 N–H and O–H groups in total. The molecule has 154 valence electrons. The molecule has 0 bridgehead atoms. The molecular formula is C23H27NO5. The minimum absolute atomic E-state index is 0.0563. The van der Waals surface area contributed by atoms with Crippen LogP contribution in [0.4, 0.5) is 0 Å². The van der Waals surface area contributed by atoms with E-state index in [2.05, 4.69) is 11.4 Å². The van der Waals surface area contributed by atoms with E-state index >= 15 is 0 Å². The van der Waals surface area contributed by atoms with Crippen LogP contribution in [0.25, 0.3) is 0 Å². The van der Waals surface area contributed by atoms with Crippen LogP contribution in [-0.2, 0) is 16.0 Å². The Labute approximate surface area is 171 Å². The van der Waals surface area contributed by atoms with Gasteiger partial charge in [-0.05, 0) is 62.4 Å². The lowest BCUT2D eigenvalue weighted by Crippen LogP contribution is -2.39. The molecule has 0 radical (unpaired) electrons. The molecule has 0 heterocycles. The summed E-state index contributed by atoms with van der Waals surface area (Å²) in [6.07, 6.45) is 2.00. The van der Waals surface area contributed by atoms with E-state index in [0.29, 0.717) is 23.7 Å². The van der Waals surface area contributed by atoms with Gasteiger partial charge in [-0.2, -0.15) is 0 Å². The predicted molar refractivity (Wildman–Crippen MR) is 109 cm³/mol. The van der Waals surface area contributed by atoms with Crippen LogP contribution in [0.5, 0.6) is 11.5 Å². The second-order valence-corrected chi connectivity index (χ2v) is 7.00. The molecular weight excluding hydrogens is 370 g/mol. The number of nitrogens with one attached hydrogen (secondary N) is 1. The highest BCUT2D eigenvalue weighted by atomic mass is 16.5. The van der Waals surface area contributed by atoms with Gasteiger partial charge in [-0.15, -0.1) is 0 Å². The van der Waals surface area contributed by atoms with Crippen molar-refractivity contribution < 1.29 is 23.8 Å². The number of fused-ring (bicyclic) bond motifs is 1. The topological polar surface area (TPSA) is 73.9 Å². The van der Waals surface area contributed by atoms with E-state index in [1.165, 1.54) is 12.7 Å². The lowest BCUT2D eigenvalue weighted by Gasteiger charge is -2.27. The molecule has 1 aliphatic rings. The highest BCUT2D eigenvalue weighted by molar-refractivity contribution is 5.93. The first-order valence-corrected chi connectivity index (χ1v) is 9.93. The minimum atomic E-state index is -0.908. The fourth-order valence-electron chi connectivity index (χ4n) is 3.54. The highest BCUT2D eigenvalue weighted by Gasteiger charge is 2.26. The van der Waals surface area contributed by atoms with Crippen molar-refractivity contribution in [2.45, 2.75) is 45.3 Å². The van der Waals surface area contributed by atoms with E-state index in [4.69, 9.17) is 14.2 Å². The number of esters is 1. The Morgan fingerprint density at radius 1 is 1.17 bits per heavy atom. The highest BCUT2D eigenvalue weighted by Crippen LogP contribution is 2.30. The van der Waals surface area contributed by atoms with E-state index in [1.807, 2.05) is 25.1 Å². The molecule has 0 spiro atoms. The van der Waals surface area contributed by atoms with Crippen molar-refractivity contribution in [2.24, 2.45) is 0 Å². The Balaban J connectivity index is 1.63. The van der Waals surface area contributed by atoms with E-state index in [-0.39, 0.29) is 11.9 Å². The lowest BCUT2D eigenvalue weighted by molar-refractivity contribution is -0.130. The first-order chi connectivity index (χ1) is 14.0. The van der Waals surface area contributed by atoms with Gasteiger partial charge in [0.15, 0.2) is 17.6 Å². The van der Waals surface area contributed by atoms with Crippen molar-refractivity contribution in [3.63, 3.8) is 0 Å². The third-order valence-electron chi connectivity index (χ3n) is 5.04. The molecule has 1 aliphatic carbocycles. The van der Waals surface area contributed by atoms with Gasteiger partial charge in [-0.3, -0.25) is 4.79 Å². The average molecular weight is 397 g/mol. The quantitative estimate of drug-likeness (QED) is 0.719. The van der Waals surface area contributed by atoms with Gasteiger partial charge in [0.25, 0.3) is 5.91 Å². The van der Waals surface area contributed by atoms with Crippen LogP contribution in [0.2, 0.25) is 0 Å². The van der Waals surface area contributed by atoms with Crippen LogP contribution in [0.15, 0.2) is 42.5 Å². The van der Waals surface area contributed by atoms with Gasteiger partial charge in [0.1, 0.15) is 0 Å². The zero-order valence-electron chi connectivity index (χ0n) is 17.1. The van der Waals surface area contributed by atoms with Crippen molar-refractivity contribution in [1.29, 1.82) is 0 Å². The van der Waals surface area contributed by atoms with Crippen molar-refractivity contribution in [2.75, 3.05) is 13.7 Å². The molecule has 2 aromatic carbocycles. The lowest BCUT2D eigenvalue weighted by atomic mass is 9.87. The van der Waals surface area contributed by atoms with Crippen molar-refractivity contribution in [3.05, 3.63) is 59.2 Å². The van der Waals surface area contributed by atoms with Gasteiger partial charge in [-0.25, -0.2) is 4.79 Å². The smallest absolute Gasteiger partial charge is 0.339 e. The summed E-state index contributed by atoms with van der Waals surface area (Å²) in [5.74, 6) is 0.0986. The summed E-state index contributed by atoms with van der Waals surface area (Å²) in [6.45, 7) is 3.93. The fraction of sp³-hybridized carbons (Fsp3) is 0.391. The maximum Gasteiger partial charge on any atom is 0.339 e. The van der Waals surface area contributed by atoms with Crippen LogP contribution in [-0.4, -0.2) is 31.7 Å². The molecule has 0 aliphatic heterocycles. The summed E-state index contributed by atoms with van der Waals surface area (Å²) in [5.41, 5.74) is 2.70. The first-order valence-electron chi connectivity index (χ1n) is 9.93. The second kappa shape index (κ2) is 9.45. The Morgan fingerprint density at radius 2 is 1.97 bits per heavy atom. The van der Waals surface area contributed by atoms with Gasteiger partial charge in [0, 0.05) is 0 Å². The normalized spacial score (nSPS) is 16.3. The molecule has 2 atom stereocenters. The molecule has 2 aromatic rings. The van der Waals surface area contributed by atoms with E-state index < -0.39 is 12.1 Å². The minimum Gasteiger partial charge on any atom is -0.493 e. The number of amides is 1. The van der Waals surface area contributed by atoms with Crippen molar-refractivity contribution in [1.82, 2.24) is 5.32 Å². The number of hydrogen-bond donors (Lipinski definition) is 1. The SMILES string of the molecule is CCOc1ccc(C(=O)O[C@@H](C)C(=O)N[C@H]2CCCc3ccccc32)cc1OC. The number of rotatable bonds is 7. The fourth-order valence-corrected chi connectivity index (χ4v) is 3.54. The number of hydrogen-bond acceptors (Lipinski definition) is 5. The van der Waals surface area contributed by atoms with Crippen molar-refractivity contribution in [3.8, 4) is 11.5 Å². The van der Waals surface area contributed by atoms with Gasteiger partial charge >= 0.3 is 5.97 Å². The summed E-state index contributed by atoms with van der Waals surface area (Å²) >= 11 is 0. The molecule has 0 saturated carbocycles. The van der Waals surface area contributed by atoms with Crippen LogP contribution < -0.4 is 14.8 Å². The van der Waals surface area contributed by atoms with Gasteiger partial charge in [-0.1, -0.05) is 24.3 Å². The van der Waals surface area contributed by atoms with Crippen LogP contribution in [0.1, 0.15) is 54.2 Å². The average Bonchev–Trinajstić information content (AvgIpc) is 2.74. The summed E-state index contributed by atoms with van der Waals surface area (Å²) < 4.78 is 16.1. The number of benzene rings is 2. The summed E-state index contributed by atoms with van der Waals surface area (Å²) in [4.78, 5) is 25.1. The van der Waals surface area contributed by atoms with Gasteiger partial charge in [0.2, 0.25) is 0 Å². The number of methoxy groups -OCH3 is 1. The Hall–Kier alpha value is -3.02. The molecule has 6 nitrogen and oxygen atoms in total. The molecule has 29 heavy (non-hydrogen) atoms. The first kappa shape index (κ1) is 20.7. The molecule has 0 unspecified atom stereocenters. The van der Waals surface area contributed by atoms with Gasteiger partial charge < -0.3 is 19.5 Å². The monoisotopic (exact) mass is 397 g/mol. The maximum absolute atomic E-state index is 12.6. The number of ether oxygens (including phenoxy) is 3. The van der Waals surface area contributed by atoms with Gasteiger partial charge in [0.05, 0.1) is 25.3 Å². The Kier molecular flexibility index (Phi) is 6.75. The molecule has 3 rings (SSSR count). The van der Waals surface area contributed by atoms with Crippen LogP contribution in [0, 0.1) is 0 Å². The Morgan fingerprint density at radius 3 is 2.72 bits per heavy atom. The number of aryl methyl sites for hydroxylation is 1. The van der Waals surface area contributed by atoms with E-state index in [0.717, 1.165) is 24.8 Å². The summed E-state index contributed by atoms with van der Waals surface area (Å²) in [7, 11) is 1.51. The standard InChI is InChI=1S/C23H27NO5/c1-4-28-20-13-12-17(14-21(20)27-3)23(26)29-15(2)22(25)24-19-11-7-9-16-8-5-6-10-18(16)19/h5-6,8,10,12-15,19H,4,7,9,11H2,1-3H3,(H,24,25)/t15-,19-/m0/s1. The third kappa shape index (κ3) is 4.88. The summed E-state index contributed by atoms with van der Waals surface area (Å²) in [5, 5.41) is 3.02. The number of carbonyl (C=O) groups excluding carboxylic acids is 2. The summed E-state index contributed by atoms with van der Waals surface area (Å²) in [6, 6.07) is 12.9. The zero-order valence-corrected chi connectivity index (χ0v) is 17.1. The second-order valence-electron chi connectivity index (χ2n) is 7.00.